The maximum absolute atomic E-state index is 6.28. The van der Waals surface area contributed by atoms with Crippen molar-refractivity contribution in [3.05, 3.63) is 41.9 Å². The van der Waals surface area contributed by atoms with Crippen LogP contribution in [-0.2, 0) is 13.5 Å². The van der Waals surface area contributed by atoms with E-state index in [-0.39, 0.29) is 6.04 Å². The summed E-state index contributed by atoms with van der Waals surface area (Å²) in [6.45, 7) is 0. The molecule has 0 fully saturated rings. The van der Waals surface area contributed by atoms with Gasteiger partial charge in [-0.2, -0.15) is 0 Å². The second-order valence-electron chi connectivity index (χ2n) is 4.86. The van der Waals surface area contributed by atoms with Crippen LogP contribution in [-0.4, -0.2) is 26.8 Å². The highest BCUT2D eigenvalue weighted by Gasteiger charge is 2.17. The summed E-state index contributed by atoms with van der Waals surface area (Å²) in [5.74, 6) is 1.49. The van der Waals surface area contributed by atoms with Crippen molar-refractivity contribution >= 4 is 16.9 Å². The number of nitrogens with zero attached hydrogens (tertiary/aromatic N) is 3. The SMILES string of the molecule is CNc1nnc([C@@H](N)Cc2c[nH]c3ccccc23)n1C. The molecule has 1 atom stereocenters. The number of fused-ring (bicyclic) bond motifs is 1. The van der Waals surface area contributed by atoms with E-state index < -0.39 is 0 Å². The number of benzene rings is 1. The Morgan fingerprint density at radius 2 is 2.15 bits per heavy atom. The lowest BCUT2D eigenvalue weighted by Crippen LogP contribution is -2.18. The van der Waals surface area contributed by atoms with E-state index in [2.05, 4.69) is 32.6 Å². The maximum atomic E-state index is 6.28. The van der Waals surface area contributed by atoms with Gasteiger partial charge in [0.2, 0.25) is 5.95 Å². The van der Waals surface area contributed by atoms with Crippen LogP contribution in [0.25, 0.3) is 10.9 Å². The van der Waals surface area contributed by atoms with E-state index in [0.717, 1.165) is 23.7 Å². The molecule has 0 saturated carbocycles. The molecule has 0 saturated heterocycles. The van der Waals surface area contributed by atoms with E-state index in [1.807, 2.05) is 37.0 Å². The Hall–Kier alpha value is -2.34. The molecule has 0 unspecified atom stereocenters. The fourth-order valence-corrected chi connectivity index (χ4v) is 2.51. The Kier molecular flexibility index (Phi) is 3.15. The standard InChI is InChI=1S/C14H18N6/c1-16-14-19-18-13(20(14)2)11(15)7-9-8-17-12-6-4-3-5-10(9)12/h3-6,8,11,17H,7,15H2,1-2H3,(H,16,19)/t11-/m0/s1. The first-order valence-corrected chi connectivity index (χ1v) is 6.58. The molecular weight excluding hydrogens is 252 g/mol. The number of nitrogens with one attached hydrogen (secondary N) is 2. The number of rotatable bonds is 4. The van der Waals surface area contributed by atoms with Crippen molar-refractivity contribution in [3.63, 3.8) is 0 Å². The van der Waals surface area contributed by atoms with Gasteiger partial charge < -0.3 is 16.0 Å². The number of H-pyrrole nitrogens is 1. The molecule has 1 aromatic carbocycles. The first-order chi connectivity index (χ1) is 9.70. The van der Waals surface area contributed by atoms with Crippen molar-refractivity contribution in [1.29, 1.82) is 0 Å². The summed E-state index contributed by atoms with van der Waals surface area (Å²) in [6.07, 6.45) is 2.74. The smallest absolute Gasteiger partial charge is 0.224 e. The molecule has 0 aliphatic carbocycles. The maximum Gasteiger partial charge on any atom is 0.224 e. The first-order valence-electron chi connectivity index (χ1n) is 6.58. The Bertz CT molecular complexity index is 726. The van der Waals surface area contributed by atoms with Crippen LogP contribution < -0.4 is 11.1 Å². The number of aromatic amines is 1. The third-order valence-corrected chi connectivity index (χ3v) is 3.58. The lowest BCUT2D eigenvalue weighted by atomic mass is 10.1. The molecule has 3 aromatic rings. The van der Waals surface area contributed by atoms with Crippen LogP contribution in [0.15, 0.2) is 30.5 Å². The molecule has 20 heavy (non-hydrogen) atoms. The molecule has 2 aromatic heterocycles. The number of nitrogens with two attached hydrogens (primary N) is 1. The average Bonchev–Trinajstić information content (AvgIpc) is 3.03. The molecule has 6 nitrogen and oxygen atoms in total. The van der Waals surface area contributed by atoms with Gasteiger partial charge in [-0.15, -0.1) is 10.2 Å². The fraction of sp³-hybridized carbons (Fsp3) is 0.286. The van der Waals surface area contributed by atoms with Crippen LogP contribution in [0.5, 0.6) is 0 Å². The van der Waals surface area contributed by atoms with Crippen LogP contribution in [0.3, 0.4) is 0 Å². The van der Waals surface area contributed by atoms with Gasteiger partial charge in [0.05, 0.1) is 6.04 Å². The number of para-hydroxylation sites is 1. The Labute approximate surface area is 117 Å². The van der Waals surface area contributed by atoms with Crippen molar-refractivity contribution < 1.29 is 0 Å². The van der Waals surface area contributed by atoms with Crippen LogP contribution in [0, 0.1) is 0 Å². The Morgan fingerprint density at radius 3 is 2.90 bits per heavy atom. The van der Waals surface area contributed by atoms with E-state index in [1.165, 1.54) is 10.9 Å². The molecule has 0 spiro atoms. The summed E-state index contributed by atoms with van der Waals surface area (Å²) in [4.78, 5) is 3.27. The molecule has 0 aliphatic heterocycles. The van der Waals surface area contributed by atoms with Gasteiger partial charge in [-0.1, -0.05) is 18.2 Å². The summed E-state index contributed by atoms with van der Waals surface area (Å²) < 4.78 is 1.89. The fourth-order valence-electron chi connectivity index (χ4n) is 2.51. The molecule has 0 radical (unpaired) electrons. The predicted molar refractivity (Wildman–Crippen MR) is 79.5 cm³/mol. The van der Waals surface area contributed by atoms with E-state index in [1.54, 1.807) is 0 Å². The van der Waals surface area contributed by atoms with Gasteiger partial charge in [-0.25, -0.2) is 0 Å². The van der Waals surface area contributed by atoms with Crippen LogP contribution in [0.2, 0.25) is 0 Å². The van der Waals surface area contributed by atoms with E-state index in [9.17, 15) is 0 Å². The third-order valence-electron chi connectivity index (χ3n) is 3.58. The van der Waals surface area contributed by atoms with Crippen LogP contribution in [0.1, 0.15) is 17.4 Å². The molecule has 0 amide bonds. The van der Waals surface area contributed by atoms with Crippen molar-refractivity contribution in [1.82, 2.24) is 19.7 Å². The zero-order valence-electron chi connectivity index (χ0n) is 11.6. The predicted octanol–water partition coefficient (Wildman–Crippen LogP) is 1.58. The second kappa shape index (κ2) is 4.97. The summed E-state index contributed by atoms with van der Waals surface area (Å²) in [5.41, 5.74) is 8.61. The van der Waals surface area contributed by atoms with Gasteiger partial charge in [0.25, 0.3) is 0 Å². The second-order valence-corrected chi connectivity index (χ2v) is 4.86. The van der Waals surface area contributed by atoms with Crippen molar-refractivity contribution in [2.75, 3.05) is 12.4 Å². The monoisotopic (exact) mass is 270 g/mol. The summed E-state index contributed by atoms with van der Waals surface area (Å²) >= 11 is 0. The molecule has 6 heteroatoms. The number of aromatic nitrogens is 4. The molecule has 3 rings (SSSR count). The Balaban J connectivity index is 1.88. The Morgan fingerprint density at radius 1 is 1.35 bits per heavy atom. The molecular formula is C14H18N6. The lowest BCUT2D eigenvalue weighted by molar-refractivity contribution is 0.633. The quantitative estimate of drug-likeness (QED) is 0.672. The van der Waals surface area contributed by atoms with Crippen LogP contribution >= 0.6 is 0 Å². The largest absolute Gasteiger partial charge is 0.361 e. The molecule has 104 valence electrons. The number of hydrogen-bond donors (Lipinski definition) is 3. The first kappa shape index (κ1) is 12.7. The summed E-state index contributed by atoms with van der Waals surface area (Å²) in [5, 5.41) is 12.4. The van der Waals surface area contributed by atoms with Gasteiger partial charge in [0.15, 0.2) is 5.82 Å². The van der Waals surface area contributed by atoms with Gasteiger partial charge >= 0.3 is 0 Å². The van der Waals surface area contributed by atoms with Crippen molar-refractivity contribution in [2.24, 2.45) is 12.8 Å². The van der Waals surface area contributed by atoms with Gasteiger partial charge in [0.1, 0.15) is 0 Å². The highest BCUT2D eigenvalue weighted by atomic mass is 15.3. The molecule has 0 bridgehead atoms. The highest BCUT2D eigenvalue weighted by molar-refractivity contribution is 5.83. The van der Waals surface area contributed by atoms with Crippen LogP contribution in [0.4, 0.5) is 5.95 Å². The summed E-state index contributed by atoms with van der Waals surface area (Å²) in [6, 6.07) is 8.03. The highest BCUT2D eigenvalue weighted by Crippen LogP contribution is 2.23. The minimum absolute atomic E-state index is 0.186. The van der Waals surface area contributed by atoms with Crippen molar-refractivity contribution in [3.8, 4) is 0 Å². The third kappa shape index (κ3) is 2.04. The molecule has 4 N–H and O–H groups in total. The number of anilines is 1. The number of hydrogen-bond acceptors (Lipinski definition) is 4. The molecule has 0 aliphatic rings. The average molecular weight is 270 g/mol. The zero-order valence-corrected chi connectivity index (χ0v) is 11.6. The van der Waals surface area contributed by atoms with E-state index >= 15 is 0 Å². The minimum Gasteiger partial charge on any atom is -0.361 e. The minimum atomic E-state index is -0.186. The molecule has 2 heterocycles. The zero-order chi connectivity index (χ0) is 14.1. The van der Waals surface area contributed by atoms with Gasteiger partial charge in [0, 0.05) is 31.2 Å². The topological polar surface area (TPSA) is 84.6 Å². The summed E-state index contributed by atoms with van der Waals surface area (Å²) in [7, 11) is 3.73. The van der Waals surface area contributed by atoms with Gasteiger partial charge in [-0.05, 0) is 18.1 Å². The van der Waals surface area contributed by atoms with E-state index in [4.69, 9.17) is 5.73 Å². The lowest BCUT2D eigenvalue weighted by Gasteiger charge is -2.10. The van der Waals surface area contributed by atoms with Crippen molar-refractivity contribution in [2.45, 2.75) is 12.5 Å². The van der Waals surface area contributed by atoms with E-state index in [0.29, 0.717) is 0 Å². The van der Waals surface area contributed by atoms with Gasteiger partial charge in [-0.3, -0.25) is 4.57 Å². The normalized spacial score (nSPS) is 12.8.